The Morgan fingerprint density at radius 1 is 1.24 bits per heavy atom. The first-order valence-electron chi connectivity index (χ1n) is 5.81. The highest BCUT2D eigenvalue weighted by atomic mass is 16.5. The van der Waals surface area contributed by atoms with E-state index in [0.717, 1.165) is 25.9 Å². The summed E-state index contributed by atoms with van der Waals surface area (Å²) in [4.78, 5) is 8.26. The van der Waals surface area contributed by atoms with E-state index in [1.165, 1.54) is 6.33 Å². The third kappa shape index (κ3) is 4.07. The maximum absolute atomic E-state index is 8.69. The summed E-state index contributed by atoms with van der Waals surface area (Å²) in [7, 11) is 1.60. The Labute approximate surface area is 101 Å². The predicted molar refractivity (Wildman–Crippen MR) is 67.6 cm³/mol. The molecule has 0 spiro atoms. The zero-order valence-corrected chi connectivity index (χ0v) is 10.4. The Bertz CT molecular complexity index is 333. The molecule has 1 aromatic rings. The lowest BCUT2D eigenvalue weighted by atomic mass is 10.3. The first kappa shape index (κ1) is 13.5. The summed E-state index contributed by atoms with van der Waals surface area (Å²) < 4.78 is 5.29. The van der Waals surface area contributed by atoms with Crippen LogP contribution in [0.2, 0.25) is 0 Å². The number of hydrogen-bond acceptors (Lipinski definition) is 6. The lowest BCUT2D eigenvalue weighted by Crippen LogP contribution is -2.09. The predicted octanol–water partition coefficient (Wildman–Crippen LogP) is 1.10. The maximum Gasteiger partial charge on any atom is 0.204 e. The standard InChI is InChI=1S/C11H20N4O2/c1-3-12-10-9(17-2)11(15-8-14-10)13-6-4-5-7-16/h8,16H,3-7H2,1-2H3,(H2,12,13,14,15). The fourth-order valence-corrected chi connectivity index (χ4v) is 1.43. The Balaban J connectivity index is 2.66. The van der Waals surface area contributed by atoms with E-state index in [9.17, 15) is 0 Å². The molecule has 1 aromatic heterocycles. The molecule has 0 saturated heterocycles. The van der Waals surface area contributed by atoms with Gasteiger partial charge in [-0.1, -0.05) is 0 Å². The van der Waals surface area contributed by atoms with E-state index in [0.29, 0.717) is 17.4 Å². The number of nitrogens with one attached hydrogen (secondary N) is 2. The van der Waals surface area contributed by atoms with Gasteiger partial charge in [-0.25, -0.2) is 9.97 Å². The van der Waals surface area contributed by atoms with Gasteiger partial charge in [0.25, 0.3) is 0 Å². The van der Waals surface area contributed by atoms with Crippen molar-refractivity contribution >= 4 is 11.6 Å². The van der Waals surface area contributed by atoms with Crippen molar-refractivity contribution in [3.05, 3.63) is 6.33 Å². The van der Waals surface area contributed by atoms with E-state index in [2.05, 4.69) is 20.6 Å². The Kier molecular flexibility index (Phi) is 6.09. The molecule has 17 heavy (non-hydrogen) atoms. The molecule has 0 atom stereocenters. The van der Waals surface area contributed by atoms with Crippen molar-refractivity contribution in [2.24, 2.45) is 0 Å². The van der Waals surface area contributed by atoms with Gasteiger partial charge in [-0.2, -0.15) is 0 Å². The number of ether oxygens (including phenoxy) is 1. The molecule has 3 N–H and O–H groups in total. The monoisotopic (exact) mass is 240 g/mol. The molecule has 0 saturated carbocycles. The molecule has 0 aliphatic carbocycles. The third-order valence-electron chi connectivity index (χ3n) is 2.23. The highest BCUT2D eigenvalue weighted by Crippen LogP contribution is 2.28. The molecule has 1 rings (SSSR count). The normalized spacial score (nSPS) is 10.1. The first-order chi connectivity index (χ1) is 8.33. The van der Waals surface area contributed by atoms with E-state index < -0.39 is 0 Å². The summed E-state index contributed by atoms with van der Waals surface area (Å²) in [5.74, 6) is 1.99. The Hall–Kier alpha value is -1.56. The van der Waals surface area contributed by atoms with Crippen LogP contribution in [0.1, 0.15) is 19.8 Å². The fraction of sp³-hybridized carbons (Fsp3) is 0.636. The van der Waals surface area contributed by atoms with Crippen molar-refractivity contribution in [1.82, 2.24) is 9.97 Å². The molecule has 0 amide bonds. The number of aromatic nitrogens is 2. The quantitative estimate of drug-likeness (QED) is 0.591. The van der Waals surface area contributed by atoms with Crippen LogP contribution in [-0.4, -0.2) is 41.9 Å². The molecule has 0 aliphatic heterocycles. The third-order valence-corrected chi connectivity index (χ3v) is 2.23. The first-order valence-corrected chi connectivity index (χ1v) is 5.81. The Morgan fingerprint density at radius 3 is 2.53 bits per heavy atom. The zero-order chi connectivity index (χ0) is 12.5. The van der Waals surface area contributed by atoms with Crippen molar-refractivity contribution < 1.29 is 9.84 Å². The van der Waals surface area contributed by atoms with E-state index >= 15 is 0 Å². The van der Waals surface area contributed by atoms with Gasteiger partial charge in [0.2, 0.25) is 5.75 Å². The summed E-state index contributed by atoms with van der Waals surface area (Å²) in [5.41, 5.74) is 0. The number of aliphatic hydroxyl groups excluding tert-OH is 1. The summed E-state index contributed by atoms with van der Waals surface area (Å²) in [6.07, 6.45) is 3.16. The molecule has 0 aromatic carbocycles. The molecule has 0 fully saturated rings. The average molecular weight is 240 g/mol. The number of anilines is 2. The van der Waals surface area contributed by atoms with Crippen molar-refractivity contribution in [3.8, 4) is 5.75 Å². The maximum atomic E-state index is 8.69. The highest BCUT2D eigenvalue weighted by Gasteiger charge is 2.10. The molecule has 1 heterocycles. The molecule has 0 bridgehead atoms. The van der Waals surface area contributed by atoms with Crippen LogP contribution in [0.25, 0.3) is 0 Å². The summed E-state index contributed by atoms with van der Waals surface area (Å²) >= 11 is 0. The van der Waals surface area contributed by atoms with E-state index in [4.69, 9.17) is 9.84 Å². The minimum Gasteiger partial charge on any atom is -0.490 e. The molecule has 6 nitrogen and oxygen atoms in total. The molecular weight excluding hydrogens is 220 g/mol. The largest absolute Gasteiger partial charge is 0.490 e. The second kappa shape index (κ2) is 7.67. The van der Waals surface area contributed by atoms with Gasteiger partial charge in [0, 0.05) is 19.7 Å². The summed E-state index contributed by atoms with van der Waals surface area (Å²) in [6.45, 7) is 3.73. The van der Waals surface area contributed by atoms with Gasteiger partial charge in [-0.05, 0) is 19.8 Å². The van der Waals surface area contributed by atoms with Crippen LogP contribution in [0, 0.1) is 0 Å². The molecule has 0 unspecified atom stereocenters. The summed E-state index contributed by atoms with van der Waals surface area (Å²) in [5, 5.41) is 15.0. The van der Waals surface area contributed by atoms with Gasteiger partial charge in [0.1, 0.15) is 6.33 Å². The second-order valence-electron chi connectivity index (χ2n) is 3.49. The number of hydrogen-bond donors (Lipinski definition) is 3. The zero-order valence-electron chi connectivity index (χ0n) is 10.4. The lowest BCUT2D eigenvalue weighted by molar-refractivity contribution is 0.286. The topological polar surface area (TPSA) is 79.3 Å². The molecular formula is C11H20N4O2. The van der Waals surface area contributed by atoms with Crippen molar-refractivity contribution in [2.75, 3.05) is 37.4 Å². The van der Waals surface area contributed by atoms with Crippen LogP contribution >= 0.6 is 0 Å². The molecule has 0 aliphatic rings. The number of aliphatic hydroxyl groups is 1. The van der Waals surface area contributed by atoms with Crippen LogP contribution in [0.15, 0.2) is 6.33 Å². The number of nitrogens with zero attached hydrogens (tertiary/aromatic N) is 2. The fourth-order valence-electron chi connectivity index (χ4n) is 1.43. The van der Waals surface area contributed by atoms with Gasteiger partial charge in [0.15, 0.2) is 11.6 Å². The van der Waals surface area contributed by atoms with Gasteiger partial charge in [-0.15, -0.1) is 0 Å². The smallest absolute Gasteiger partial charge is 0.204 e. The van der Waals surface area contributed by atoms with E-state index in [1.807, 2.05) is 6.92 Å². The van der Waals surface area contributed by atoms with Crippen molar-refractivity contribution in [2.45, 2.75) is 19.8 Å². The van der Waals surface area contributed by atoms with E-state index in [-0.39, 0.29) is 6.61 Å². The SMILES string of the molecule is CCNc1ncnc(NCCCCO)c1OC. The average Bonchev–Trinajstić information content (AvgIpc) is 2.35. The number of rotatable bonds is 8. The minimum atomic E-state index is 0.214. The van der Waals surface area contributed by atoms with Crippen LogP contribution in [0.3, 0.4) is 0 Å². The van der Waals surface area contributed by atoms with E-state index in [1.54, 1.807) is 7.11 Å². The van der Waals surface area contributed by atoms with Gasteiger partial charge >= 0.3 is 0 Å². The minimum absolute atomic E-state index is 0.214. The molecule has 96 valence electrons. The lowest BCUT2D eigenvalue weighted by Gasteiger charge is -2.13. The molecule has 6 heteroatoms. The highest BCUT2D eigenvalue weighted by molar-refractivity contribution is 5.63. The van der Waals surface area contributed by atoms with Crippen LogP contribution in [0.5, 0.6) is 5.75 Å². The number of unbranched alkanes of at least 4 members (excludes halogenated alkanes) is 1. The molecule has 0 radical (unpaired) electrons. The van der Waals surface area contributed by atoms with Crippen LogP contribution < -0.4 is 15.4 Å². The second-order valence-corrected chi connectivity index (χ2v) is 3.49. The van der Waals surface area contributed by atoms with Crippen molar-refractivity contribution in [1.29, 1.82) is 0 Å². The van der Waals surface area contributed by atoms with Crippen molar-refractivity contribution in [3.63, 3.8) is 0 Å². The van der Waals surface area contributed by atoms with Gasteiger partial charge < -0.3 is 20.5 Å². The van der Waals surface area contributed by atoms with Crippen LogP contribution in [-0.2, 0) is 0 Å². The van der Waals surface area contributed by atoms with Crippen LogP contribution in [0.4, 0.5) is 11.6 Å². The number of methoxy groups -OCH3 is 1. The van der Waals surface area contributed by atoms with Gasteiger partial charge in [0.05, 0.1) is 7.11 Å². The Morgan fingerprint density at radius 2 is 1.94 bits per heavy atom. The van der Waals surface area contributed by atoms with Gasteiger partial charge in [-0.3, -0.25) is 0 Å². The summed E-state index contributed by atoms with van der Waals surface area (Å²) in [6, 6.07) is 0.